The number of ether oxygens (including phenoxy) is 1. The minimum atomic E-state index is 0.250. The molecular weight excluding hydrogens is 128 g/mol. The molecule has 1 aromatic carbocycles. The fraction of sp³-hybridized carbons (Fsp3) is 0.250. The highest BCUT2D eigenvalue weighted by molar-refractivity contribution is 5.53. The minimum absolute atomic E-state index is 0.250. The van der Waals surface area contributed by atoms with Gasteiger partial charge in [0.05, 0.1) is 0 Å². The Morgan fingerprint density at radius 2 is 1.70 bits per heavy atom. The highest BCUT2D eigenvalue weighted by Gasteiger charge is 2.15. The number of benzene rings is 1. The summed E-state index contributed by atoms with van der Waals surface area (Å²) in [6.45, 7) is 1.93. The van der Waals surface area contributed by atoms with E-state index in [1.54, 1.807) is 6.92 Å². The first-order valence-electron chi connectivity index (χ1n) is 3.26. The van der Waals surface area contributed by atoms with E-state index in [9.17, 15) is 0 Å². The first-order valence-corrected chi connectivity index (χ1v) is 3.26. The zero-order valence-electron chi connectivity index (χ0n) is 5.87. The Bertz CT molecular complexity index is 187. The van der Waals surface area contributed by atoms with Crippen LogP contribution in [0.3, 0.4) is 0 Å². The second-order valence-electron chi connectivity index (χ2n) is 1.87. The largest absolute Gasteiger partial charge is 0.450 e. The lowest BCUT2D eigenvalue weighted by Gasteiger charge is -1.61. The van der Waals surface area contributed by atoms with Crippen LogP contribution in [-0.2, 0) is 0 Å². The Morgan fingerprint density at radius 1 is 1.30 bits per heavy atom. The van der Waals surface area contributed by atoms with Crippen LogP contribution in [0.5, 0.6) is 11.5 Å². The predicted octanol–water partition coefficient (Wildman–Crippen LogP) is 1.79. The van der Waals surface area contributed by atoms with E-state index in [2.05, 4.69) is 0 Å². The first kappa shape index (κ1) is 7.09. The smallest absolute Gasteiger partial charge is 0.170 e. The molecule has 10 heavy (non-hydrogen) atoms. The summed E-state index contributed by atoms with van der Waals surface area (Å²) in [6, 6.07) is 7.84. The molecule has 0 aromatic heterocycles. The van der Waals surface area contributed by atoms with Gasteiger partial charge in [-0.1, -0.05) is 12.1 Å². The Kier molecular flexibility index (Phi) is 2.29. The van der Waals surface area contributed by atoms with E-state index in [1.165, 1.54) is 0 Å². The third-order valence-corrected chi connectivity index (χ3v) is 1.03. The number of rotatable bonds is 0. The van der Waals surface area contributed by atoms with Crippen LogP contribution < -0.4 is 4.74 Å². The van der Waals surface area contributed by atoms with Gasteiger partial charge in [0.25, 0.3) is 0 Å². The maximum Gasteiger partial charge on any atom is 0.170 e. The van der Waals surface area contributed by atoms with Crippen molar-refractivity contribution in [3.8, 4) is 11.5 Å². The highest BCUT2D eigenvalue weighted by atomic mass is 16.6. The molecule has 0 radical (unpaired) electrons. The first-order chi connectivity index (χ1) is 4.88. The molecule has 0 atom stereocenters. The van der Waals surface area contributed by atoms with E-state index in [1.807, 2.05) is 24.3 Å². The molecular formula is C8H10O2. The van der Waals surface area contributed by atoms with Crippen molar-refractivity contribution in [3.05, 3.63) is 24.3 Å². The van der Waals surface area contributed by atoms with Gasteiger partial charge in [0, 0.05) is 6.61 Å². The third-order valence-electron chi connectivity index (χ3n) is 1.03. The topological polar surface area (TPSA) is 32.8 Å². The second kappa shape index (κ2) is 3.22. The van der Waals surface area contributed by atoms with Crippen molar-refractivity contribution in [3.63, 3.8) is 0 Å². The van der Waals surface area contributed by atoms with Crippen LogP contribution in [-0.4, -0.2) is 11.7 Å². The number of hydrogen-bond donors (Lipinski definition) is 1. The molecule has 2 heteroatoms. The van der Waals surface area contributed by atoms with E-state index in [0.29, 0.717) is 0 Å². The van der Waals surface area contributed by atoms with Gasteiger partial charge in [0.2, 0.25) is 0 Å². The van der Waals surface area contributed by atoms with Crippen molar-refractivity contribution < 1.29 is 9.84 Å². The molecule has 0 unspecified atom stereocenters. The SMILES string of the molecule is CCO.c1ccc2c(c1)O2. The van der Waals surface area contributed by atoms with Gasteiger partial charge in [-0.2, -0.15) is 0 Å². The molecule has 1 aliphatic rings. The fourth-order valence-electron chi connectivity index (χ4n) is 0.611. The van der Waals surface area contributed by atoms with Gasteiger partial charge >= 0.3 is 0 Å². The number of aliphatic hydroxyl groups excluding tert-OH is 1. The summed E-state index contributed by atoms with van der Waals surface area (Å²) in [6.07, 6.45) is 0. The van der Waals surface area contributed by atoms with Crippen molar-refractivity contribution in [1.82, 2.24) is 0 Å². The molecule has 0 saturated carbocycles. The van der Waals surface area contributed by atoms with Crippen LogP contribution in [0.15, 0.2) is 24.3 Å². The van der Waals surface area contributed by atoms with Crippen LogP contribution >= 0.6 is 0 Å². The zero-order chi connectivity index (χ0) is 7.40. The van der Waals surface area contributed by atoms with Gasteiger partial charge in [-0.25, -0.2) is 0 Å². The van der Waals surface area contributed by atoms with E-state index in [0.717, 1.165) is 11.5 Å². The number of para-hydroxylation sites is 2. The Hall–Kier alpha value is -1.02. The summed E-state index contributed by atoms with van der Waals surface area (Å²) >= 11 is 0. The van der Waals surface area contributed by atoms with E-state index in [4.69, 9.17) is 9.84 Å². The molecule has 0 bridgehead atoms. The van der Waals surface area contributed by atoms with Crippen molar-refractivity contribution in [2.75, 3.05) is 6.61 Å². The molecule has 0 fully saturated rings. The molecule has 54 valence electrons. The summed E-state index contributed by atoms with van der Waals surface area (Å²) in [5.74, 6) is 2.06. The summed E-state index contributed by atoms with van der Waals surface area (Å²) in [5.41, 5.74) is 0. The molecule has 0 saturated heterocycles. The molecule has 1 aromatic rings. The van der Waals surface area contributed by atoms with Gasteiger partial charge in [0.1, 0.15) is 0 Å². The van der Waals surface area contributed by atoms with Gasteiger partial charge in [-0.05, 0) is 19.1 Å². The van der Waals surface area contributed by atoms with Crippen molar-refractivity contribution in [1.29, 1.82) is 0 Å². The highest BCUT2D eigenvalue weighted by Crippen LogP contribution is 2.43. The molecule has 0 spiro atoms. The van der Waals surface area contributed by atoms with Crippen LogP contribution in [0.1, 0.15) is 6.92 Å². The molecule has 0 amide bonds. The van der Waals surface area contributed by atoms with Crippen LogP contribution in [0.2, 0.25) is 0 Å². The average molecular weight is 138 g/mol. The molecule has 1 aliphatic heterocycles. The van der Waals surface area contributed by atoms with Gasteiger partial charge in [-0.3, -0.25) is 0 Å². The average Bonchev–Trinajstić information content (AvgIpc) is 2.66. The zero-order valence-corrected chi connectivity index (χ0v) is 5.87. The maximum absolute atomic E-state index is 7.57. The number of hydrogen-bond acceptors (Lipinski definition) is 2. The molecule has 1 N–H and O–H groups in total. The quantitative estimate of drug-likeness (QED) is 0.563. The van der Waals surface area contributed by atoms with Crippen molar-refractivity contribution >= 4 is 0 Å². The summed E-state index contributed by atoms with van der Waals surface area (Å²) in [5, 5.41) is 7.57. The monoisotopic (exact) mass is 138 g/mol. The standard InChI is InChI=1S/C6H4O.C2H6O/c1-2-4-6-5(3-1)7-6;1-2-3/h1-4H;3H,2H2,1H3. The molecule has 1 heterocycles. The Morgan fingerprint density at radius 3 is 2.00 bits per heavy atom. The van der Waals surface area contributed by atoms with Gasteiger partial charge in [-0.15, -0.1) is 0 Å². The van der Waals surface area contributed by atoms with E-state index >= 15 is 0 Å². The minimum Gasteiger partial charge on any atom is -0.450 e. The number of aliphatic hydroxyl groups is 1. The lowest BCUT2D eigenvalue weighted by Crippen LogP contribution is -1.57. The molecule has 2 rings (SSSR count). The van der Waals surface area contributed by atoms with Gasteiger partial charge < -0.3 is 9.84 Å². The summed E-state index contributed by atoms with van der Waals surface area (Å²) in [7, 11) is 0. The second-order valence-corrected chi connectivity index (χ2v) is 1.87. The van der Waals surface area contributed by atoms with Crippen LogP contribution in [0.4, 0.5) is 0 Å². The van der Waals surface area contributed by atoms with Gasteiger partial charge in [0.15, 0.2) is 11.5 Å². The van der Waals surface area contributed by atoms with Crippen LogP contribution in [0, 0.1) is 0 Å². The van der Waals surface area contributed by atoms with E-state index < -0.39 is 0 Å². The lowest BCUT2D eigenvalue weighted by atomic mass is 10.4. The van der Waals surface area contributed by atoms with Crippen LogP contribution in [0.25, 0.3) is 0 Å². The lowest BCUT2D eigenvalue weighted by molar-refractivity contribution is 0.318. The fourth-order valence-corrected chi connectivity index (χ4v) is 0.611. The summed E-state index contributed by atoms with van der Waals surface area (Å²) < 4.78 is 4.94. The summed E-state index contributed by atoms with van der Waals surface area (Å²) in [4.78, 5) is 0. The van der Waals surface area contributed by atoms with Crippen molar-refractivity contribution in [2.24, 2.45) is 0 Å². The maximum atomic E-state index is 7.57. The molecule has 0 aliphatic carbocycles. The Balaban J connectivity index is 0.000000148. The molecule has 2 nitrogen and oxygen atoms in total. The van der Waals surface area contributed by atoms with E-state index in [-0.39, 0.29) is 6.61 Å². The van der Waals surface area contributed by atoms with Crippen molar-refractivity contribution in [2.45, 2.75) is 6.92 Å². The predicted molar refractivity (Wildman–Crippen MR) is 39.3 cm³/mol. The normalized spacial score (nSPS) is 10.2. The Labute approximate surface area is 60.1 Å². The third kappa shape index (κ3) is 1.74. The number of fused-ring (bicyclic) bond motifs is 1.